The summed E-state index contributed by atoms with van der Waals surface area (Å²) < 4.78 is 13.4. The first kappa shape index (κ1) is 12.0. The molecule has 2 unspecified atom stereocenters. The van der Waals surface area contributed by atoms with Crippen molar-refractivity contribution in [1.29, 1.82) is 0 Å². The predicted octanol–water partition coefficient (Wildman–Crippen LogP) is 1.23. The summed E-state index contributed by atoms with van der Waals surface area (Å²) in [5, 5.41) is 15.1. The standard InChI is InChI=1S/C11H17FN4O/c1-13-11-15-6-9(12)10(16-11)14-5-7-2-3-8(17)4-7/h6-8,17H,2-5H2,1H3,(H2,13,14,15,16). The van der Waals surface area contributed by atoms with Gasteiger partial charge in [-0.1, -0.05) is 0 Å². The summed E-state index contributed by atoms with van der Waals surface area (Å²) in [7, 11) is 1.68. The first-order valence-corrected chi connectivity index (χ1v) is 5.81. The first-order chi connectivity index (χ1) is 8.19. The van der Waals surface area contributed by atoms with Gasteiger partial charge < -0.3 is 15.7 Å². The van der Waals surface area contributed by atoms with Crippen LogP contribution in [0.5, 0.6) is 0 Å². The number of nitrogens with zero attached hydrogens (tertiary/aromatic N) is 2. The number of anilines is 2. The Bertz CT molecular complexity index is 388. The van der Waals surface area contributed by atoms with Gasteiger partial charge in [-0.3, -0.25) is 0 Å². The highest BCUT2D eigenvalue weighted by Gasteiger charge is 2.22. The molecule has 6 heteroatoms. The van der Waals surface area contributed by atoms with Crippen LogP contribution in [0.4, 0.5) is 16.2 Å². The quantitative estimate of drug-likeness (QED) is 0.738. The Kier molecular flexibility index (Phi) is 3.73. The van der Waals surface area contributed by atoms with E-state index in [4.69, 9.17) is 0 Å². The van der Waals surface area contributed by atoms with Crippen LogP contribution in [-0.4, -0.2) is 34.8 Å². The van der Waals surface area contributed by atoms with Crippen molar-refractivity contribution >= 4 is 11.8 Å². The molecule has 0 amide bonds. The Hall–Kier alpha value is -1.43. The Morgan fingerprint density at radius 1 is 1.53 bits per heavy atom. The van der Waals surface area contributed by atoms with E-state index in [0.29, 0.717) is 18.4 Å². The molecule has 1 heterocycles. The molecule has 17 heavy (non-hydrogen) atoms. The third-order valence-corrected chi connectivity index (χ3v) is 3.04. The minimum absolute atomic E-state index is 0.204. The van der Waals surface area contributed by atoms with E-state index in [-0.39, 0.29) is 11.9 Å². The molecule has 0 radical (unpaired) electrons. The molecule has 1 aliphatic rings. The number of aliphatic hydroxyl groups is 1. The third-order valence-electron chi connectivity index (χ3n) is 3.04. The maximum Gasteiger partial charge on any atom is 0.224 e. The van der Waals surface area contributed by atoms with Gasteiger partial charge in [-0.2, -0.15) is 4.98 Å². The number of hydrogen-bond donors (Lipinski definition) is 3. The van der Waals surface area contributed by atoms with Crippen molar-refractivity contribution in [2.45, 2.75) is 25.4 Å². The number of aromatic nitrogens is 2. The van der Waals surface area contributed by atoms with Gasteiger partial charge in [-0.05, 0) is 25.2 Å². The molecule has 0 spiro atoms. The largest absolute Gasteiger partial charge is 0.393 e. The van der Waals surface area contributed by atoms with Crippen LogP contribution in [0, 0.1) is 11.7 Å². The van der Waals surface area contributed by atoms with Gasteiger partial charge in [0.25, 0.3) is 0 Å². The van der Waals surface area contributed by atoms with Crippen molar-refractivity contribution in [3.05, 3.63) is 12.0 Å². The van der Waals surface area contributed by atoms with Crippen LogP contribution in [-0.2, 0) is 0 Å². The smallest absolute Gasteiger partial charge is 0.224 e. The zero-order chi connectivity index (χ0) is 12.3. The van der Waals surface area contributed by atoms with E-state index in [9.17, 15) is 9.50 Å². The van der Waals surface area contributed by atoms with Gasteiger partial charge in [0.2, 0.25) is 5.95 Å². The van der Waals surface area contributed by atoms with E-state index in [1.807, 2.05) is 0 Å². The van der Waals surface area contributed by atoms with Gasteiger partial charge in [0, 0.05) is 13.6 Å². The topological polar surface area (TPSA) is 70.1 Å². The maximum atomic E-state index is 13.4. The lowest BCUT2D eigenvalue weighted by Gasteiger charge is -2.12. The molecule has 1 aromatic heterocycles. The average Bonchev–Trinajstić information content (AvgIpc) is 2.74. The number of halogens is 1. The first-order valence-electron chi connectivity index (χ1n) is 5.81. The monoisotopic (exact) mass is 240 g/mol. The van der Waals surface area contributed by atoms with E-state index in [2.05, 4.69) is 20.6 Å². The highest BCUT2D eigenvalue weighted by Crippen LogP contribution is 2.25. The van der Waals surface area contributed by atoms with Crippen molar-refractivity contribution in [3.8, 4) is 0 Å². The fourth-order valence-electron chi connectivity index (χ4n) is 2.09. The van der Waals surface area contributed by atoms with Crippen LogP contribution in [0.15, 0.2) is 6.20 Å². The summed E-state index contributed by atoms with van der Waals surface area (Å²) in [6.07, 6.45) is 3.52. The summed E-state index contributed by atoms with van der Waals surface area (Å²) in [4.78, 5) is 7.77. The second-order valence-corrected chi connectivity index (χ2v) is 4.35. The zero-order valence-electron chi connectivity index (χ0n) is 9.78. The van der Waals surface area contributed by atoms with Crippen LogP contribution >= 0.6 is 0 Å². The third kappa shape index (κ3) is 3.03. The minimum atomic E-state index is -0.456. The van der Waals surface area contributed by atoms with Gasteiger partial charge in [0.1, 0.15) is 0 Å². The van der Waals surface area contributed by atoms with E-state index in [0.717, 1.165) is 25.5 Å². The summed E-state index contributed by atoms with van der Waals surface area (Å²) in [6, 6.07) is 0. The minimum Gasteiger partial charge on any atom is -0.393 e. The highest BCUT2D eigenvalue weighted by atomic mass is 19.1. The Morgan fingerprint density at radius 3 is 3.00 bits per heavy atom. The normalized spacial score (nSPS) is 23.7. The Morgan fingerprint density at radius 2 is 2.35 bits per heavy atom. The van der Waals surface area contributed by atoms with Crippen molar-refractivity contribution in [1.82, 2.24) is 9.97 Å². The molecular weight excluding hydrogens is 223 g/mol. The summed E-state index contributed by atoms with van der Waals surface area (Å²) >= 11 is 0. The maximum absolute atomic E-state index is 13.4. The van der Waals surface area contributed by atoms with Crippen molar-refractivity contribution < 1.29 is 9.50 Å². The van der Waals surface area contributed by atoms with Crippen molar-refractivity contribution in [3.63, 3.8) is 0 Å². The number of aliphatic hydroxyl groups excluding tert-OH is 1. The molecule has 0 aromatic carbocycles. The molecule has 2 rings (SSSR count). The molecule has 5 nitrogen and oxygen atoms in total. The van der Waals surface area contributed by atoms with Gasteiger partial charge in [-0.25, -0.2) is 9.37 Å². The molecule has 1 aliphatic carbocycles. The lowest BCUT2D eigenvalue weighted by atomic mass is 10.1. The van der Waals surface area contributed by atoms with Gasteiger partial charge in [-0.15, -0.1) is 0 Å². The molecule has 1 aromatic rings. The summed E-state index contributed by atoms with van der Waals surface area (Å²) in [5.74, 6) is 0.533. The molecule has 94 valence electrons. The molecular formula is C11H17FN4O. The Balaban J connectivity index is 1.94. The lowest BCUT2D eigenvalue weighted by molar-refractivity contribution is 0.178. The molecule has 2 atom stereocenters. The second-order valence-electron chi connectivity index (χ2n) is 4.35. The molecule has 1 fully saturated rings. The van der Waals surface area contributed by atoms with Crippen LogP contribution in [0.1, 0.15) is 19.3 Å². The number of hydrogen-bond acceptors (Lipinski definition) is 5. The fourth-order valence-corrected chi connectivity index (χ4v) is 2.09. The average molecular weight is 240 g/mol. The lowest BCUT2D eigenvalue weighted by Crippen LogP contribution is -2.15. The van der Waals surface area contributed by atoms with Gasteiger partial charge in [0.15, 0.2) is 11.6 Å². The summed E-state index contributed by atoms with van der Waals surface area (Å²) in [5.41, 5.74) is 0. The van der Waals surface area contributed by atoms with E-state index < -0.39 is 5.82 Å². The van der Waals surface area contributed by atoms with Crippen LogP contribution in [0.3, 0.4) is 0 Å². The SMILES string of the molecule is CNc1ncc(F)c(NCC2CCC(O)C2)n1. The fraction of sp³-hybridized carbons (Fsp3) is 0.636. The van der Waals surface area contributed by atoms with Gasteiger partial charge >= 0.3 is 0 Å². The number of rotatable bonds is 4. The second kappa shape index (κ2) is 5.27. The Labute approximate surface area is 99.5 Å². The molecule has 0 saturated heterocycles. The van der Waals surface area contributed by atoms with Crippen molar-refractivity contribution in [2.75, 3.05) is 24.2 Å². The number of nitrogens with one attached hydrogen (secondary N) is 2. The molecule has 0 bridgehead atoms. The van der Waals surface area contributed by atoms with E-state index >= 15 is 0 Å². The zero-order valence-corrected chi connectivity index (χ0v) is 9.78. The van der Waals surface area contributed by atoms with E-state index in [1.54, 1.807) is 7.05 Å². The molecule has 1 saturated carbocycles. The van der Waals surface area contributed by atoms with Crippen LogP contribution < -0.4 is 10.6 Å². The van der Waals surface area contributed by atoms with Crippen LogP contribution in [0.25, 0.3) is 0 Å². The highest BCUT2D eigenvalue weighted by molar-refractivity contribution is 5.40. The van der Waals surface area contributed by atoms with Gasteiger partial charge in [0.05, 0.1) is 12.3 Å². The summed E-state index contributed by atoms with van der Waals surface area (Å²) in [6.45, 7) is 0.633. The predicted molar refractivity (Wildman–Crippen MR) is 63.4 cm³/mol. The molecule has 0 aliphatic heterocycles. The molecule has 3 N–H and O–H groups in total. The van der Waals surface area contributed by atoms with Crippen molar-refractivity contribution in [2.24, 2.45) is 5.92 Å². The van der Waals surface area contributed by atoms with E-state index in [1.165, 1.54) is 0 Å². The van der Waals surface area contributed by atoms with Crippen LogP contribution in [0.2, 0.25) is 0 Å².